The first-order valence-corrected chi connectivity index (χ1v) is 5.96. The van der Waals surface area contributed by atoms with Crippen LogP contribution in [0.25, 0.3) is 0 Å². The van der Waals surface area contributed by atoms with Crippen molar-refractivity contribution in [2.24, 2.45) is 0 Å². The number of hydrogen-bond acceptors (Lipinski definition) is 1. The monoisotopic (exact) mass is 274 g/mol. The maximum Gasteiger partial charge on any atom is 0.184 e. The van der Waals surface area contributed by atoms with Crippen LogP contribution in [0.3, 0.4) is 0 Å². The molecule has 1 unspecified atom stereocenters. The van der Waals surface area contributed by atoms with Crippen LogP contribution in [0.2, 0.25) is 0 Å². The van der Waals surface area contributed by atoms with Gasteiger partial charge in [-0.05, 0) is 6.42 Å². The van der Waals surface area contributed by atoms with Gasteiger partial charge in [0.1, 0.15) is 0 Å². The Labute approximate surface area is 81.4 Å². The van der Waals surface area contributed by atoms with Gasteiger partial charge in [0.25, 0.3) is 0 Å². The van der Waals surface area contributed by atoms with Crippen molar-refractivity contribution in [2.45, 2.75) is 18.3 Å². The highest BCUT2D eigenvalue weighted by molar-refractivity contribution is 8.10. The lowest BCUT2D eigenvalue weighted by atomic mass is 10.4. The SMILES string of the molecule is C=[S+](C)(C)C1CCCO1.[I-]. The second kappa shape index (κ2) is 4.07. The van der Waals surface area contributed by atoms with E-state index in [1.54, 1.807) is 0 Å². The van der Waals surface area contributed by atoms with Crippen molar-refractivity contribution < 1.29 is 28.7 Å². The van der Waals surface area contributed by atoms with Crippen molar-refractivity contribution in [3.05, 3.63) is 0 Å². The second-order valence-corrected chi connectivity index (χ2v) is 6.84. The van der Waals surface area contributed by atoms with E-state index in [1.165, 1.54) is 12.8 Å². The van der Waals surface area contributed by atoms with Crippen LogP contribution >= 0.6 is 0 Å². The molecule has 0 saturated carbocycles. The molecule has 0 aromatic rings. The van der Waals surface area contributed by atoms with Gasteiger partial charge in [0.15, 0.2) is 5.44 Å². The van der Waals surface area contributed by atoms with Crippen molar-refractivity contribution >= 4 is 15.5 Å². The fourth-order valence-corrected chi connectivity index (χ4v) is 2.32. The maximum atomic E-state index is 5.49. The lowest BCUT2D eigenvalue weighted by molar-refractivity contribution is -0.00000259. The first-order chi connectivity index (χ1) is 4.11. The highest BCUT2D eigenvalue weighted by Gasteiger charge is 2.26. The van der Waals surface area contributed by atoms with Gasteiger partial charge in [0, 0.05) is 12.3 Å². The third-order valence-electron chi connectivity index (χ3n) is 1.60. The van der Waals surface area contributed by atoms with Gasteiger partial charge >= 0.3 is 0 Å². The molecule has 62 valence electrons. The van der Waals surface area contributed by atoms with Crippen molar-refractivity contribution in [1.82, 2.24) is 0 Å². The molecule has 3 heteroatoms. The summed E-state index contributed by atoms with van der Waals surface area (Å²) in [7, 11) is -0.675. The zero-order chi connectivity index (χ0) is 6.91. The van der Waals surface area contributed by atoms with Crippen LogP contribution in [0.1, 0.15) is 12.8 Å². The van der Waals surface area contributed by atoms with Crippen molar-refractivity contribution in [3.63, 3.8) is 0 Å². The van der Waals surface area contributed by atoms with Gasteiger partial charge in [-0.2, -0.15) is 0 Å². The third-order valence-corrected chi connectivity index (χ3v) is 3.39. The first-order valence-electron chi connectivity index (χ1n) is 3.27. The molecule has 1 nitrogen and oxygen atoms in total. The minimum absolute atomic E-state index is 0. The molecule has 10 heavy (non-hydrogen) atoms. The Kier molecular flexibility index (Phi) is 4.44. The van der Waals surface area contributed by atoms with Crippen LogP contribution in [0.4, 0.5) is 0 Å². The molecule has 1 rings (SSSR count). The number of rotatable bonds is 1. The third kappa shape index (κ3) is 2.88. The molecule has 0 spiro atoms. The second-order valence-electron chi connectivity index (χ2n) is 3.07. The zero-order valence-corrected chi connectivity index (χ0v) is 9.57. The van der Waals surface area contributed by atoms with E-state index in [2.05, 4.69) is 18.4 Å². The molecule has 1 saturated heterocycles. The normalized spacial score (nSPS) is 26.0. The van der Waals surface area contributed by atoms with E-state index in [-0.39, 0.29) is 24.0 Å². The van der Waals surface area contributed by atoms with E-state index in [1.807, 2.05) is 0 Å². The molecular formula is C7H15IOS. The highest BCUT2D eigenvalue weighted by Crippen LogP contribution is 2.19. The van der Waals surface area contributed by atoms with Crippen molar-refractivity contribution in [2.75, 3.05) is 19.1 Å². The summed E-state index contributed by atoms with van der Waals surface area (Å²) >= 11 is 0. The molecule has 1 atom stereocenters. The average molecular weight is 274 g/mol. The molecule has 0 bridgehead atoms. The summed E-state index contributed by atoms with van der Waals surface area (Å²) in [6.07, 6.45) is 6.88. The molecule has 0 amide bonds. The molecule has 1 aliphatic rings. The maximum absolute atomic E-state index is 5.49. The molecule has 0 aliphatic carbocycles. The summed E-state index contributed by atoms with van der Waals surface area (Å²) in [5.74, 6) is 4.11. The van der Waals surface area contributed by atoms with E-state index < -0.39 is 9.62 Å². The van der Waals surface area contributed by atoms with Gasteiger partial charge in [-0.1, -0.05) is 0 Å². The Morgan fingerprint density at radius 1 is 1.50 bits per heavy atom. The van der Waals surface area contributed by atoms with E-state index in [0.29, 0.717) is 5.44 Å². The highest BCUT2D eigenvalue weighted by atomic mass is 127. The molecule has 1 heterocycles. The summed E-state index contributed by atoms with van der Waals surface area (Å²) < 4.78 is 5.49. The van der Waals surface area contributed by atoms with Gasteiger partial charge < -0.3 is 28.7 Å². The Morgan fingerprint density at radius 3 is 2.30 bits per heavy atom. The summed E-state index contributed by atoms with van der Waals surface area (Å²) in [6.45, 7) is 0.955. The standard InChI is InChI=1S/C7H15OS.HI/c1-9(2,3)7-5-4-6-8-7;/h7H,1,4-6H2,2-3H3;1H/q+1;/p-1. The van der Waals surface area contributed by atoms with Crippen molar-refractivity contribution in [1.29, 1.82) is 0 Å². The lowest BCUT2D eigenvalue weighted by Crippen LogP contribution is -3.00. The Bertz CT molecular complexity index is 135. The lowest BCUT2D eigenvalue weighted by Gasteiger charge is -2.14. The van der Waals surface area contributed by atoms with Gasteiger partial charge in [-0.15, -0.1) is 9.62 Å². The largest absolute Gasteiger partial charge is 1.00 e. The Hall–Kier alpha value is 0.910. The Balaban J connectivity index is 0.000000810. The fourth-order valence-electron chi connectivity index (χ4n) is 1.05. The number of hydrogen-bond donors (Lipinski definition) is 0. The molecule has 0 aromatic heterocycles. The van der Waals surface area contributed by atoms with Crippen LogP contribution in [-0.4, -0.2) is 30.4 Å². The van der Waals surface area contributed by atoms with Crippen molar-refractivity contribution in [3.8, 4) is 0 Å². The van der Waals surface area contributed by atoms with Gasteiger partial charge in [0.05, 0.1) is 19.1 Å². The van der Waals surface area contributed by atoms with Gasteiger partial charge in [-0.3, -0.25) is 0 Å². The molecule has 0 N–H and O–H groups in total. The summed E-state index contributed by atoms with van der Waals surface area (Å²) in [5, 5.41) is 0. The van der Waals surface area contributed by atoms with E-state index in [9.17, 15) is 0 Å². The van der Waals surface area contributed by atoms with Crippen LogP contribution < -0.4 is 24.0 Å². The summed E-state index contributed by atoms with van der Waals surface area (Å²) in [5.41, 5.74) is 0.484. The number of halogens is 1. The minimum atomic E-state index is -0.675. The van der Waals surface area contributed by atoms with E-state index >= 15 is 0 Å². The van der Waals surface area contributed by atoms with E-state index in [4.69, 9.17) is 4.74 Å². The van der Waals surface area contributed by atoms with Crippen LogP contribution in [-0.2, 0) is 14.4 Å². The quantitative estimate of drug-likeness (QED) is 0.304. The van der Waals surface area contributed by atoms with Crippen LogP contribution in [0.15, 0.2) is 0 Å². The fraction of sp³-hybridized carbons (Fsp3) is 0.857. The predicted molar refractivity (Wildman–Crippen MR) is 45.3 cm³/mol. The smallest absolute Gasteiger partial charge is 0.184 e. The van der Waals surface area contributed by atoms with Gasteiger partial charge in [0.2, 0.25) is 0 Å². The molecule has 0 radical (unpaired) electrons. The van der Waals surface area contributed by atoms with Crippen LogP contribution in [0, 0.1) is 0 Å². The van der Waals surface area contributed by atoms with Gasteiger partial charge in [-0.25, -0.2) is 0 Å². The molecule has 0 aromatic carbocycles. The van der Waals surface area contributed by atoms with E-state index in [0.717, 1.165) is 6.61 Å². The first kappa shape index (κ1) is 10.9. The summed E-state index contributed by atoms with van der Waals surface area (Å²) in [6, 6.07) is 0. The average Bonchev–Trinajstić information content (AvgIpc) is 2.08. The molecule has 1 aliphatic heterocycles. The predicted octanol–water partition coefficient (Wildman–Crippen LogP) is -2.03. The topological polar surface area (TPSA) is 9.23 Å². The number of ether oxygens (including phenoxy) is 1. The molecular weight excluding hydrogens is 259 g/mol. The molecule has 1 fully saturated rings. The zero-order valence-electron chi connectivity index (χ0n) is 6.60. The Morgan fingerprint density at radius 2 is 2.10 bits per heavy atom. The van der Waals surface area contributed by atoms with Crippen LogP contribution in [0.5, 0.6) is 0 Å². The minimum Gasteiger partial charge on any atom is -1.00 e. The summed E-state index contributed by atoms with van der Waals surface area (Å²) in [4.78, 5) is 0.